The molecule has 1 fully saturated rings. The Labute approximate surface area is 124 Å². The molecule has 21 heavy (non-hydrogen) atoms. The molecule has 0 spiro atoms. The molecule has 4 nitrogen and oxygen atoms in total. The molecule has 5 heteroatoms. The van der Waals surface area contributed by atoms with Crippen LogP contribution in [0.5, 0.6) is 0 Å². The van der Waals surface area contributed by atoms with E-state index in [1.54, 1.807) is 18.2 Å². The molecule has 0 radical (unpaired) electrons. The van der Waals surface area contributed by atoms with Crippen molar-refractivity contribution < 1.29 is 14.0 Å². The molecule has 1 atom stereocenters. The lowest BCUT2D eigenvalue weighted by atomic mass is 9.99. The van der Waals surface area contributed by atoms with Crippen molar-refractivity contribution in [2.24, 2.45) is 5.92 Å². The van der Waals surface area contributed by atoms with Crippen LogP contribution in [0.15, 0.2) is 24.3 Å². The van der Waals surface area contributed by atoms with Crippen LogP contribution in [-0.2, 0) is 9.59 Å². The molecular weight excluding hydrogens is 271 g/mol. The maximum absolute atomic E-state index is 13.8. The van der Waals surface area contributed by atoms with Gasteiger partial charge in [-0.1, -0.05) is 19.1 Å². The minimum absolute atomic E-state index is 0.125. The van der Waals surface area contributed by atoms with Gasteiger partial charge in [0.2, 0.25) is 11.8 Å². The van der Waals surface area contributed by atoms with E-state index < -0.39 is 11.7 Å². The second kappa shape index (κ2) is 5.84. The number of benzene rings is 1. The Balaban J connectivity index is 2.10. The number of carbonyl (C=O) groups excluding carboxylic acids is 2. The highest BCUT2D eigenvalue weighted by Crippen LogP contribution is 2.27. The number of hydrogen-bond acceptors (Lipinski definition) is 2. The monoisotopic (exact) mass is 292 g/mol. The summed E-state index contributed by atoms with van der Waals surface area (Å²) in [5.74, 6) is -1.23. The summed E-state index contributed by atoms with van der Waals surface area (Å²) >= 11 is 0. The molecule has 0 aliphatic carbocycles. The van der Waals surface area contributed by atoms with Crippen molar-refractivity contribution in [2.75, 3.05) is 11.4 Å². The van der Waals surface area contributed by atoms with Crippen molar-refractivity contribution in [3.8, 4) is 0 Å². The number of amides is 2. The first-order chi connectivity index (χ1) is 9.84. The Morgan fingerprint density at radius 1 is 1.43 bits per heavy atom. The molecule has 0 saturated carbocycles. The Kier molecular flexibility index (Phi) is 4.30. The van der Waals surface area contributed by atoms with Crippen LogP contribution in [-0.4, -0.2) is 23.9 Å². The lowest BCUT2D eigenvalue weighted by Crippen LogP contribution is -2.46. The third-order valence-corrected chi connectivity index (χ3v) is 3.98. The van der Waals surface area contributed by atoms with Crippen LogP contribution >= 0.6 is 0 Å². The number of para-hydroxylation sites is 1. The van der Waals surface area contributed by atoms with E-state index in [1.165, 1.54) is 11.0 Å². The van der Waals surface area contributed by atoms with Gasteiger partial charge in [0.1, 0.15) is 5.82 Å². The molecule has 1 aliphatic heterocycles. The summed E-state index contributed by atoms with van der Waals surface area (Å²) in [5, 5.41) is 2.94. The van der Waals surface area contributed by atoms with Gasteiger partial charge in [-0.15, -0.1) is 0 Å². The van der Waals surface area contributed by atoms with Crippen molar-refractivity contribution >= 4 is 17.5 Å². The van der Waals surface area contributed by atoms with Crippen molar-refractivity contribution in [2.45, 2.75) is 39.2 Å². The highest BCUT2D eigenvalue weighted by molar-refractivity contribution is 6.00. The summed E-state index contributed by atoms with van der Waals surface area (Å²) in [6.07, 6.45) is 0.927. The van der Waals surface area contributed by atoms with Gasteiger partial charge in [-0.25, -0.2) is 4.39 Å². The molecule has 0 aromatic heterocycles. The third kappa shape index (κ3) is 3.40. The quantitative estimate of drug-likeness (QED) is 0.927. The number of halogens is 1. The Morgan fingerprint density at radius 2 is 2.10 bits per heavy atom. The van der Waals surface area contributed by atoms with E-state index in [1.807, 2.05) is 20.8 Å². The number of rotatable bonds is 4. The Hall–Kier alpha value is -1.91. The topological polar surface area (TPSA) is 49.4 Å². The van der Waals surface area contributed by atoms with E-state index in [0.29, 0.717) is 0 Å². The second-order valence-electron chi connectivity index (χ2n) is 6.08. The average molecular weight is 292 g/mol. The summed E-state index contributed by atoms with van der Waals surface area (Å²) in [5.41, 5.74) is -0.0569. The fourth-order valence-corrected chi connectivity index (χ4v) is 2.31. The fraction of sp³-hybridized carbons (Fsp3) is 0.500. The van der Waals surface area contributed by atoms with Crippen LogP contribution in [0.4, 0.5) is 10.1 Å². The number of carbonyl (C=O) groups is 2. The highest BCUT2D eigenvalue weighted by Gasteiger charge is 2.37. The first kappa shape index (κ1) is 15.5. The number of hydrogen-bond donors (Lipinski definition) is 1. The molecule has 1 aromatic rings. The number of nitrogens with zero attached hydrogens (tertiary/aromatic N) is 1. The summed E-state index contributed by atoms with van der Waals surface area (Å²) in [4.78, 5) is 25.7. The molecule has 1 aliphatic rings. The lowest BCUT2D eigenvalue weighted by molar-refractivity contribution is -0.127. The van der Waals surface area contributed by atoms with E-state index in [-0.39, 0.29) is 36.0 Å². The van der Waals surface area contributed by atoms with E-state index in [0.717, 1.165) is 6.42 Å². The first-order valence-corrected chi connectivity index (χ1v) is 7.21. The lowest BCUT2D eigenvalue weighted by Gasteiger charge is -2.26. The van der Waals surface area contributed by atoms with Gasteiger partial charge in [0, 0.05) is 18.5 Å². The van der Waals surface area contributed by atoms with E-state index in [2.05, 4.69) is 5.32 Å². The minimum Gasteiger partial charge on any atom is -0.351 e. The van der Waals surface area contributed by atoms with Gasteiger partial charge in [0.05, 0.1) is 11.6 Å². The SMILES string of the molecule is CCC(C)(C)NC(=O)[C@H]1CC(=O)N(c2ccccc2F)C1. The van der Waals surface area contributed by atoms with E-state index in [9.17, 15) is 14.0 Å². The van der Waals surface area contributed by atoms with Gasteiger partial charge in [-0.3, -0.25) is 9.59 Å². The van der Waals surface area contributed by atoms with Crippen molar-refractivity contribution in [3.63, 3.8) is 0 Å². The second-order valence-corrected chi connectivity index (χ2v) is 6.08. The highest BCUT2D eigenvalue weighted by atomic mass is 19.1. The summed E-state index contributed by atoms with van der Waals surface area (Å²) in [6, 6.07) is 6.13. The van der Waals surface area contributed by atoms with Gasteiger partial charge < -0.3 is 10.2 Å². The van der Waals surface area contributed by atoms with Crippen LogP contribution in [0.2, 0.25) is 0 Å². The number of nitrogens with one attached hydrogen (secondary N) is 1. The van der Waals surface area contributed by atoms with Gasteiger partial charge >= 0.3 is 0 Å². The van der Waals surface area contributed by atoms with Crippen LogP contribution < -0.4 is 10.2 Å². The van der Waals surface area contributed by atoms with Gasteiger partial charge in [-0.05, 0) is 32.4 Å². The molecule has 1 heterocycles. The Morgan fingerprint density at radius 3 is 2.71 bits per heavy atom. The molecular formula is C16H21FN2O2. The molecule has 2 amide bonds. The zero-order chi connectivity index (χ0) is 15.6. The van der Waals surface area contributed by atoms with Crippen molar-refractivity contribution in [1.82, 2.24) is 5.32 Å². The van der Waals surface area contributed by atoms with Crippen LogP contribution in [0.25, 0.3) is 0 Å². The molecule has 1 saturated heterocycles. The Bertz CT molecular complexity index is 557. The predicted molar refractivity (Wildman–Crippen MR) is 79.4 cm³/mol. The van der Waals surface area contributed by atoms with Crippen molar-refractivity contribution in [1.29, 1.82) is 0 Å². The molecule has 114 valence electrons. The normalized spacial score (nSPS) is 19.0. The first-order valence-electron chi connectivity index (χ1n) is 7.21. The molecule has 0 unspecified atom stereocenters. The van der Waals surface area contributed by atoms with Crippen LogP contribution in [0, 0.1) is 11.7 Å². The number of anilines is 1. The largest absolute Gasteiger partial charge is 0.351 e. The average Bonchev–Trinajstić information content (AvgIpc) is 2.81. The fourth-order valence-electron chi connectivity index (χ4n) is 2.31. The molecule has 0 bridgehead atoms. The zero-order valence-electron chi connectivity index (χ0n) is 12.6. The maximum Gasteiger partial charge on any atom is 0.227 e. The van der Waals surface area contributed by atoms with Crippen molar-refractivity contribution in [3.05, 3.63) is 30.1 Å². The predicted octanol–water partition coefficient (Wildman–Crippen LogP) is 2.48. The van der Waals surface area contributed by atoms with Crippen LogP contribution in [0.1, 0.15) is 33.6 Å². The van der Waals surface area contributed by atoms with E-state index in [4.69, 9.17) is 0 Å². The molecule has 1 N–H and O–H groups in total. The minimum atomic E-state index is -0.444. The van der Waals surface area contributed by atoms with Crippen LogP contribution in [0.3, 0.4) is 0 Å². The summed E-state index contributed by atoms with van der Waals surface area (Å²) < 4.78 is 13.8. The van der Waals surface area contributed by atoms with Gasteiger partial charge in [-0.2, -0.15) is 0 Å². The summed E-state index contributed by atoms with van der Waals surface area (Å²) in [6.45, 7) is 6.10. The maximum atomic E-state index is 13.8. The summed E-state index contributed by atoms with van der Waals surface area (Å²) in [7, 11) is 0. The standard InChI is InChI=1S/C16H21FN2O2/c1-4-16(2,3)18-15(21)11-9-14(20)19(10-11)13-8-6-5-7-12(13)17/h5-8,11H,4,9-10H2,1-3H3,(H,18,21)/t11-/m0/s1. The van der Waals surface area contributed by atoms with Gasteiger partial charge in [0.25, 0.3) is 0 Å². The molecule has 2 rings (SSSR count). The smallest absolute Gasteiger partial charge is 0.227 e. The van der Waals surface area contributed by atoms with E-state index >= 15 is 0 Å². The van der Waals surface area contributed by atoms with Gasteiger partial charge in [0.15, 0.2) is 0 Å². The third-order valence-electron chi connectivity index (χ3n) is 3.98. The zero-order valence-corrected chi connectivity index (χ0v) is 12.6. The molecule has 1 aromatic carbocycles.